The highest BCUT2D eigenvalue weighted by molar-refractivity contribution is 5.76. The second kappa shape index (κ2) is 8.09. The van der Waals surface area contributed by atoms with Crippen molar-refractivity contribution in [1.29, 1.82) is 0 Å². The first-order chi connectivity index (χ1) is 9.45. The van der Waals surface area contributed by atoms with Crippen LogP contribution in [0.3, 0.4) is 0 Å². The van der Waals surface area contributed by atoms with Gasteiger partial charge < -0.3 is 19.6 Å². The quantitative estimate of drug-likeness (QED) is 0.803. The molecule has 1 saturated heterocycles. The van der Waals surface area contributed by atoms with Crippen LogP contribution in [0, 0.1) is 11.8 Å². The fourth-order valence-corrected chi connectivity index (χ4v) is 2.46. The number of carbonyl (C=O) groups is 2. The predicted octanol–water partition coefficient (Wildman–Crippen LogP) is 1.51. The van der Waals surface area contributed by atoms with Gasteiger partial charge in [0.1, 0.15) is 0 Å². The van der Waals surface area contributed by atoms with Crippen molar-refractivity contribution in [2.75, 3.05) is 39.9 Å². The van der Waals surface area contributed by atoms with Gasteiger partial charge >= 0.3 is 12.0 Å². The fraction of sp³-hybridized carbons (Fsp3) is 0.857. The van der Waals surface area contributed by atoms with Gasteiger partial charge in [-0.25, -0.2) is 4.79 Å². The van der Waals surface area contributed by atoms with Crippen LogP contribution in [0.15, 0.2) is 0 Å². The Balaban J connectivity index is 2.64. The number of urea groups is 1. The van der Waals surface area contributed by atoms with E-state index in [1.54, 1.807) is 16.9 Å². The summed E-state index contributed by atoms with van der Waals surface area (Å²) in [5.74, 6) is -0.873. The summed E-state index contributed by atoms with van der Waals surface area (Å²) < 4.78 is 5.04. The molecule has 2 amide bonds. The van der Waals surface area contributed by atoms with Crippen molar-refractivity contribution < 1.29 is 19.4 Å². The number of ether oxygens (including phenoxy) is 1. The minimum Gasteiger partial charge on any atom is -0.481 e. The van der Waals surface area contributed by atoms with E-state index in [4.69, 9.17) is 9.84 Å². The number of piperidine rings is 1. The first-order valence-corrected chi connectivity index (χ1v) is 7.21. The minimum absolute atomic E-state index is 0.0679. The molecule has 0 aliphatic carbocycles. The van der Waals surface area contributed by atoms with Gasteiger partial charge in [0.2, 0.25) is 0 Å². The molecule has 6 heteroatoms. The molecule has 0 unspecified atom stereocenters. The third-order valence-electron chi connectivity index (χ3n) is 3.46. The number of carbonyl (C=O) groups excluding carboxylic acids is 1. The lowest BCUT2D eigenvalue weighted by Gasteiger charge is -2.35. The zero-order valence-electron chi connectivity index (χ0n) is 12.7. The summed E-state index contributed by atoms with van der Waals surface area (Å²) in [5, 5.41) is 9.09. The second-order valence-corrected chi connectivity index (χ2v) is 5.74. The maximum Gasteiger partial charge on any atom is 0.320 e. The first kappa shape index (κ1) is 16.8. The number of carboxylic acid groups (broad SMARTS) is 1. The molecule has 1 fully saturated rings. The molecular weight excluding hydrogens is 260 g/mol. The average molecular weight is 286 g/mol. The number of nitrogens with zero attached hydrogens (tertiary/aromatic N) is 2. The number of rotatable bonds is 6. The molecule has 0 radical (unpaired) electrons. The highest BCUT2D eigenvalue weighted by Crippen LogP contribution is 2.18. The van der Waals surface area contributed by atoms with Gasteiger partial charge in [-0.05, 0) is 18.8 Å². The van der Waals surface area contributed by atoms with Gasteiger partial charge in [0.05, 0.1) is 12.5 Å². The van der Waals surface area contributed by atoms with Crippen molar-refractivity contribution in [2.45, 2.75) is 26.7 Å². The summed E-state index contributed by atoms with van der Waals surface area (Å²) in [6.45, 7) is 6.78. The van der Waals surface area contributed by atoms with Gasteiger partial charge in [-0.3, -0.25) is 4.79 Å². The van der Waals surface area contributed by atoms with Gasteiger partial charge in [0.25, 0.3) is 0 Å². The van der Waals surface area contributed by atoms with Gasteiger partial charge in [-0.2, -0.15) is 0 Å². The van der Waals surface area contributed by atoms with Crippen LogP contribution >= 0.6 is 0 Å². The molecule has 1 rings (SSSR count). The molecule has 116 valence electrons. The fourth-order valence-electron chi connectivity index (χ4n) is 2.46. The van der Waals surface area contributed by atoms with E-state index in [9.17, 15) is 9.59 Å². The summed E-state index contributed by atoms with van der Waals surface area (Å²) in [6, 6.07) is -0.0679. The topological polar surface area (TPSA) is 70.1 Å². The third-order valence-corrected chi connectivity index (χ3v) is 3.46. The lowest BCUT2D eigenvalue weighted by atomic mass is 9.98. The van der Waals surface area contributed by atoms with Crippen molar-refractivity contribution in [2.24, 2.45) is 11.8 Å². The highest BCUT2D eigenvalue weighted by atomic mass is 16.5. The number of carboxylic acids is 1. The zero-order chi connectivity index (χ0) is 15.1. The first-order valence-electron chi connectivity index (χ1n) is 7.21. The number of hydrogen-bond acceptors (Lipinski definition) is 3. The van der Waals surface area contributed by atoms with E-state index in [0.29, 0.717) is 45.1 Å². The van der Waals surface area contributed by atoms with E-state index in [1.165, 1.54) is 0 Å². The summed E-state index contributed by atoms with van der Waals surface area (Å²) in [4.78, 5) is 27.0. The smallest absolute Gasteiger partial charge is 0.320 e. The Kier molecular flexibility index (Phi) is 6.78. The maximum atomic E-state index is 12.5. The molecular formula is C14H26N2O4. The lowest BCUT2D eigenvalue weighted by Crippen LogP contribution is -2.50. The Labute approximate surface area is 120 Å². The van der Waals surface area contributed by atoms with Gasteiger partial charge in [0, 0.05) is 33.3 Å². The van der Waals surface area contributed by atoms with Crippen LogP contribution < -0.4 is 0 Å². The summed E-state index contributed by atoms with van der Waals surface area (Å²) in [5.41, 5.74) is 0. The number of hydrogen-bond donors (Lipinski definition) is 1. The van der Waals surface area contributed by atoms with E-state index >= 15 is 0 Å². The minimum atomic E-state index is -0.810. The molecule has 1 atom stereocenters. The molecule has 1 heterocycles. The molecule has 20 heavy (non-hydrogen) atoms. The standard InChI is InChI=1S/C14H26N2O4/c1-11(2)9-16(7-8-20-3)14(19)15-6-4-5-12(10-15)13(17)18/h11-12H,4-10H2,1-3H3,(H,17,18)/t12-/m1/s1. The van der Waals surface area contributed by atoms with E-state index in [1.807, 2.05) is 0 Å². The SMILES string of the molecule is COCCN(CC(C)C)C(=O)N1CCC[C@@H](C(=O)O)C1. The van der Waals surface area contributed by atoms with Gasteiger partial charge in [0.15, 0.2) is 0 Å². The largest absolute Gasteiger partial charge is 0.481 e. The Morgan fingerprint density at radius 1 is 1.45 bits per heavy atom. The third kappa shape index (κ3) is 5.00. The molecule has 0 aromatic carbocycles. The lowest BCUT2D eigenvalue weighted by molar-refractivity contribution is -0.143. The molecule has 6 nitrogen and oxygen atoms in total. The van der Waals surface area contributed by atoms with E-state index in [-0.39, 0.29) is 6.03 Å². The molecule has 1 aliphatic heterocycles. The van der Waals surface area contributed by atoms with Crippen LogP contribution in [0.2, 0.25) is 0 Å². The number of amides is 2. The Morgan fingerprint density at radius 2 is 2.15 bits per heavy atom. The van der Waals surface area contributed by atoms with Gasteiger partial charge in [-0.15, -0.1) is 0 Å². The van der Waals surface area contributed by atoms with E-state index < -0.39 is 11.9 Å². The zero-order valence-corrected chi connectivity index (χ0v) is 12.7. The van der Waals surface area contributed by atoms with Crippen LogP contribution in [-0.4, -0.2) is 66.8 Å². The van der Waals surface area contributed by atoms with E-state index in [0.717, 1.165) is 6.42 Å². The second-order valence-electron chi connectivity index (χ2n) is 5.74. The average Bonchev–Trinajstić information content (AvgIpc) is 2.42. The van der Waals surface area contributed by atoms with Crippen molar-refractivity contribution >= 4 is 12.0 Å². The Morgan fingerprint density at radius 3 is 2.70 bits per heavy atom. The number of likely N-dealkylation sites (tertiary alicyclic amines) is 1. The molecule has 1 aliphatic rings. The summed E-state index contributed by atoms with van der Waals surface area (Å²) in [6.07, 6.45) is 1.41. The Bertz CT molecular complexity index is 333. The monoisotopic (exact) mass is 286 g/mol. The van der Waals surface area contributed by atoms with Crippen LogP contribution in [0.4, 0.5) is 4.79 Å². The summed E-state index contributed by atoms with van der Waals surface area (Å²) in [7, 11) is 1.61. The normalized spacial score (nSPS) is 19.2. The van der Waals surface area contributed by atoms with Crippen LogP contribution in [0.25, 0.3) is 0 Å². The highest BCUT2D eigenvalue weighted by Gasteiger charge is 2.30. The van der Waals surface area contributed by atoms with Crippen molar-refractivity contribution in [3.8, 4) is 0 Å². The van der Waals surface area contributed by atoms with Crippen LogP contribution in [0.1, 0.15) is 26.7 Å². The van der Waals surface area contributed by atoms with Crippen molar-refractivity contribution in [3.63, 3.8) is 0 Å². The summed E-state index contributed by atoms with van der Waals surface area (Å²) >= 11 is 0. The molecule has 0 aromatic rings. The maximum absolute atomic E-state index is 12.5. The molecule has 0 spiro atoms. The molecule has 0 aromatic heterocycles. The van der Waals surface area contributed by atoms with Crippen molar-refractivity contribution in [1.82, 2.24) is 9.80 Å². The van der Waals surface area contributed by atoms with Crippen LogP contribution in [0.5, 0.6) is 0 Å². The van der Waals surface area contributed by atoms with Crippen LogP contribution in [-0.2, 0) is 9.53 Å². The Hall–Kier alpha value is -1.30. The predicted molar refractivity (Wildman–Crippen MR) is 75.6 cm³/mol. The van der Waals surface area contributed by atoms with Crippen molar-refractivity contribution in [3.05, 3.63) is 0 Å². The molecule has 1 N–H and O–H groups in total. The van der Waals surface area contributed by atoms with E-state index in [2.05, 4.69) is 13.8 Å². The number of aliphatic carboxylic acids is 1. The van der Waals surface area contributed by atoms with Gasteiger partial charge in [-0.1, -0.05) is 13.8 Å². The molecule has 0 bridgehead atoms. The molecule has 0 saturated carbocycles. The number of methoxy groups -OCH3 is 1.